The molecule has 0 saturated carbocycles. The number of fused-ring (bicyclic) bond motifs is 3. The molecule has 0 bridgehead atoms. The van der Waals surface area contributed by atoms with Crippen LogP contribution in [0.2, 0.25) is 0 Å². The van der Waals surface area contributed by atoms with Gasteiger partial charge in [0.25, 0.3) is 0 Å². The minimum Gasteiger partial charge on any atom is -0.130 e. The number of hydrogen-bond acceptors (Lipinski definition) is 1. The Kier molecular flexibility index (Phi) is 5.72. The lowest BCUT2D eigenvalue weighted by atomic mass is 9.85. The van der Waals surface area contributed by atoms with Crippen LogP contribution < -0.4 is 0 Å². The molecule has 1 heteroatoms. The van der Waals surface area contributed by atoms with Crippen molar-refractivity contribution in [1.82, 2.24) is 0 Å². The molecular formula is C37H26S. The quantitative estimate of drug-likeness (QED) is 0.170. The van der Waals surface area contributed by atoms with Gasteiger partial charge in [0.15, 0.2) is 0 Å². The maximum absolute atomic E-state index is 2.33. The maximum atomic E-state index is 2.33. The molecule has 0 N–H and O–H groups in total. The summed E-state index contributed by atoms with van der Waals surface area (Å²) in [6.45, 7) is 0. The zero-order chi connectivity index (χ0) is 25.5. The van der Waals surface area contributed by atoms with E-state index in [0.717, 1.165) is 0 Å². The molecule has 7 aromatic carbocycles. The zero-order valence-corrected chi connectivity index (χ0v) is 22.0. The summed E-state index contributed by atoms with van der Waals surface area (Å²) in [4.78, 5) is 1.29. The van der Waals surface area contributed by atoms with E-state index in [4.69, 9.17) is 0 Å². The van der Waals surface area contributed by atoms with Crippen LogP contribution in [0.1, 0.15) is 0 Å². The van der Waals surface area contributed by atoms with Crippen molar-refractivity contribution in [2.45, 2.75) is 4.90 Å². The number of hydrogen-bond donors (Lipinski definition) is 0. The largest absolute Gasteiger partial charge is 0.130 e. The normalized spacial score (nSPS) is 11.4. The second-order valence-electron chi connectivity index (χ2n) is 9.71. The summed E-state index contributed by atoms with van der Waals surface area (Å²) < 4.78 is 0. The fourth-order valence-corrected chi connectivity index (χ4v) is 6.12. The Balaban J connectivity index is 1.45. The monoisotopic (exact) mass is 502 g/mol. The summed E-state index contributed by atoms with van der Waals surface area (Å²) >= 11 is 1.77. The second-order valence-corrected chi connectivity index (χ2v) is 10.6. The first-order valence-corrected chi connectivity index (χ1v) is 14.2. The van der Waals surface area contributed by atoms with Crippen molar-refractivity contribution in [3.63, 3.8) is 0 Å². The van der Waals surface area contributed by atoms with Gasteiger partial charge >= 0.3 is 0 Å². The van der Waals surface area contributed by atoms with Crippen molar-refractivity contribution in [1.29, 1.82) is 0 Å². The third kappa shape index (κ3) is 3.88. The van der Waals surface area contributed by atoms with Crippen LogP contribution in [-0.4, -0.2) is 6.26 Å². The molecule has 0 unspecified atom stereocenters. The van der Waals surface area contributed by atoms with E-state index in [1.165, 1.54) is 70.6 Å². The van der Waals surface area contributed by atoms with Gasteiger partial charge in [-0.05, 0) is 90.2 Å². The average molecular weight is 503 g/mol. The van der Waals surface area contributed by atoms with E-state index >= 15 is 0 Å². The number of benzene rings is 7. The predicted molar refractivity (Wildman–Crippen MR) is 167 cm³/mol. The summed E-state index contributed by atoms with van der Waals surface area (Å²) in [5.41, 5.74) is 7.58. The summed E-state index contributed by atoms with van der Waals surface area (Å²) in [7, 11) is 0. The van der Waals surface area contributed by atoms with Gasteiger partial charge in [0.1, 0.15) is 0 Å². The molecule has 0 amide bonds. The highest BCUT2D eigenvalue weighted by Crippen LogP contribution is 2.44. The Labute approximate surface area is 227 Å². The first-order chi connectivity index (χ1) is 18.8. The highest BCUT2D eigenvalue weighted by molar-refractivity contribution is 7.98. The molecule has 0 heterocycles. The van der Waals surface area contributed by atoms with Crippen LogP contribution >= 0.6 is 11.8 Å². The van der Waals surface area contributed by atoms with Crippen LogP contribution in [-0.2, 0) is 0 Å². The van der Waals surface area contributed by atoms with Crippen LogP contribution in [0.25, 0.3) is 65.7 Å². The average Bonchev–Trinajstić information content (AvgIpc) is 3.00. The SMILES string of the molecule is CSc1ccc(-c2ccc(-c3c4ccccc4c(-c4ccc5ccccc5c4)c4ccccc34)cc2)cc1. The Morgan fingerprint density at radius 1 is 0.368 bits per heavy atom. The van der Waals surface area contributed by atoms with Crippen LogP contribution in [0.4, 0.5) is 0 Å². The fraction of sp³-hybridized carbons (Fsp3) is 0.0270. The van der Waals surface area contributed by atoms with Crippen molar-refractivity contribution >= 4 is 44.1 Å². The molecule has 38 heavy (non-hydrogen) atoms. The summed E-state index contributed by atoms with van der Waals surface area (Å²) in [5.74, 6) is 0. The van der Waals surface area contributed by atoms with Gasteiger partial charge in [-0.25, -0.2) is 0 Å². The zero-order valence-electron chi connectivity index (χ0n) is 21.2. The minimum atomic E-state index is 1.24. The molecule has 0 spiro atoms. The van der Waals surface area contributed by atoms with E-state index < -0.39 is 0 Å². The Bertz CT molecular complexity index is 1870. The lowest BCUT2D eigenvalue weighted by molar-refractivity contribution is 1.46. The Morgan fingerprint density at radius 2 is 0.789 bits per heavy atom. The topological polar surface area (TPSA) is 0 Å². The molecule has 0 nitrogen and oxygen atoms in total. The third-order valence-electron chi connectivity index (χ3n) is 7.57. The first kappa shape index (κ1) is 22.8. The molecule has 0 aromatic heterocycles. The van der Waals surface area contributed by atoms with E-state index in [9.17, 15) is 0 Å². The molecule has 7 rings (SSSR count). The molecule has 0 aliphatic heterocycles. The van der Waals surface area contributed by atoms with E-state index in [2.05, 4.69) is 146 Å². The molecule has 0 fully saturated rings. The highest BCUT2D eigenvalue weighted by atomic mass is 32.2. The summed E-state index contributed by atoms with van der Waals surface area (Å²) in [6.07, 6.45) is 2.11. The van der Waals surface area contributed by atoms with E-state index in [1.54, 1.807) is 11.8 Å². The molecule has 0 saturated heterocycles. The lowest BCUT2D eigenvalue weighted by Gasteiger charge is -2.18. The summed E-state index contributed by atoms with van der Waals surface area (Å²) in [5, 5.41) is 7.67. The van der Waals surface area contributed by atoms with E-state index in [0.29, 0.717) is 0 Å². The smallest absolute Gasteiger partial charge is 0.00695 e. The van der Waals surface area contributed by atoms with Crippen molar-refractivity contribution in [2.75, 3.05) is 6.26 Å². The van der Waals surface area contributed by atoms with E-state index in [1.807, 2.05) is 0 Å². The van der Waals surface area contributed by atoms with Gasteiger partial charge in [-0.15, -0.1) is 11.8 Å². The van der Waals surface area contributed by atoms with Crippen molar-refractivity contribution < 1.29 is 0 Å². The van der Waals surface area contributed by atoms with Crippen molar-refractivity contribution in [3.05, 3.63) is 140 Å². The lowest BCUT2D eigenvalue weighted by Crippen LogP contribution is -1.91. The first-order valence-electron chi connectivity index (χ1n) is 13.0. The minimum absolute atomic E-state index is 1.24. The van der Waals surface area contributed by atoms with Gasteiger partial charge in [0, 0.05) is 4.90 Å². The fourth-order valence-electron chi connectivity index (χ4n) is 5.71. The highest BCUT2D eigenvalue weighted by Gasteiger charge is 2.16. The predicted octanol–water partition coefficient (Wildman–Crippen LogP) is 10.9. The van der Waals surface area contributed by atoms with Gasteiger partial charge < -0.3 is 0 Å². The van der Waals surface area contributed by atoms with Crippen molar-refractivity contribution in [2.24, 2.45) is 0 Å². The van der Waals surface area contributed by atoms with Crippen LogP contribution in [0.15, 0.2) is 144 Å². The van der Waals surface area contributed by atoms with Crippen LogP contribution in [0, 0.1) is 0 Å². The number of rotatable bonds is 4. The van der Waals surface area contributed by atoms with Gasteiger partial charge in [0.05, 0.1) is 0 Å². The molecule has 0 atom stereocenters. The molecule has 7 aromatic rings. The van der Waals surface area contributed by atoms with Crippen molar-refractivity contribution in [3.8, 4) is 33.4 Å². The molecule has 0 aliphatic carbocycles. The molecule has 0 aliphatic rings. The Morgan fingerprint density at radius 3 is 1.34 bits per heavy atom. The molecular weight excluding hydrogens is 476 g/mol. The summed E-state index contributed by atoms with van der Waals surface area (Å²) in [6, 6.07) is 51.1. The molecule has 0 radical (unpaired) electrons. The second kappa shape index (κ2) is 9.52. The third-order valence-corrected chi connectivity index (χ3v) is 8.31. The van der Waals surface area contributed by atoms with Gasteiger partial charge in [-0.2, -0.15) is 0 Å². The van der Waals surface area contributed by atoms with Gasteiger partial charge in [0.2, 0.25) is 0 Å². The number of thioether (sulfide) groups is 1. The van der Waals surface area contributed by atoms with E-state index in [-0.39, 0.29) is 0 Å². The maximum Gasteiger partial charge on any atom is 0.00695 e. The standard InChI is InChI=1S/C37H26S/c1-38-31-22-20-27(21-23-31)26-14-17-28(18-15-26)36-32-10-4-6-12-34(32)37(35-13-7-5-11-33(35)36)30-19-16-25-8-2-3-9-29(25)24-30/h2-24H,1H3. The molecule has 180 valence electrons. The Hall–Kier alpha value is -4.33. The van der Waals surface area contributed by atoms with Crippen LogP contribution in [0.3, 0.4) is 0 Å². The van der Waals surface area contributed by atoms with Gasteiger partial charge in [-0.3, -0.25) is 0 Å². The van der Waals surface area contributed by atoms with Crippen LogP contribution in [0.5, 0.6) is 0 Å². The van der Waals surface area contributed by atoms with Gasteiger partial charge in [-0.1, -0.05) is 121 Å².